The highest BCUT2D eigenvalue weighted by Gasteiger charge is 2.11. The summed E-state index contributed by atoms with van der Waals surface area (Å²) in [5.74, 6) is 2.38. The summed E-state index contributed by atoms with van der Waals surface area (Å²) in [4.78, 5) is 0. The lowest BCUT2D eigenvalue weighted by molar-refractivity contribution is 0.408. The molecule has 0 radical (unpaired) electrons. The van der Waals surface area contributed by atoms with Crippen LogP contribution >= 0.6 is 15.9 Å². The Morgan fingerprint density at radius 3 is 2.55 bits per heavy atom. The fourth-order valence-corrected chi connectivity index (χ4v) is 2.28. The molecule has 106 valence electrons. The molecule has 1 N–H and O–H groups in total. The number of hydrogen-bond acceptors (Lipinski definition) is 3. The lowest BCUT2D eigenvalue weighted by Crippen LogP contribution is -2.13. The average Bonchev–Trinajstić information content (AvgIpc) is 2.48. The van der Waals surface area contributed by atoms with E-state index in [4.69, 9.17) is 9.47 Å². The van der Waals surface area contributed by atoms with E-state index in [2.05, 4.69) is 34.2 Å². The van der Waals surface area contributed by atoms with Crippen molar-refractivity contribution in [2.75, 3.05) is 14.2 Å². The Hall–Kier alpha value is -1.52. The first kappa shape index (κ1) is 14.9. The first-order valence-electron chi connectivity index (χ1n) is 6.42. The molecule has 20 heavy (non-hydrogen) atoms. The van der Waals surface area contributed by atoms with Crippen molar-refractivity contribution in [3.05, 3.63) is 52.5 Å². The third kappa shape index (κ3) is 3.52. The van der Waals surface area contributed by atoms with Crippen LogP contribution in [0.15, 0.2) is 46.9 Å². The molecular weight excluding hydrogens is 318 g/mol. The van der Waals surface area contributed by atoms with E-state index < -0.39 is 0 Å². The zero-order valence-electron chi connectivity index (χ0n) is 11.8. The molecule has 0 aromatic heterocycles. The van der Waals surface area contributed by atoms with E-state index in [1.165, 1.54) is 0 Å². The number of halogens is 1. The van der Waals surface area contributed by atoms with Crippen LogP contribution in [0.5, 0.6) is 17.2 Å². The molecule has 0 aliphatic heterocycles. The number of rotatable bonds is 5. The minimum absolute atomic E-state index is 0.202. The van der Waals surface area contributed by atoms with Gasteiger partial charge in [-0.2, -0.15) is 0 Å². The fraction of sp³-hybridized carbons (Fsp3) is 0.250. The highest BCUT2D eigenvalue weighted by Crippen LogP contribution is 2.33. The van der Waals surface area contributed by atoms with E-state index in [1.54, 1.807) is 7.11 Å². The van der Waals surface area contributed by atoms with Gasteiger partial charge in [0, 0.05) is 22.1 Å². The van der Waals surface area contributed by atoms with Crippen molar-refractivity contribution in [3.8, 4) is 17.2 Å². The first-order chi connectivity index (χ1) is 9.63. The van der Waals surface area contributed by atoms with Crippen LogP contribution in [0.4, 0.5) is 0 Å². The van der Waals surface area contributed by atoms with Gasteiger partial charge in [0.2, 0.25) is 0 Å². The van der Waals surface area contributed by atoms with Crippen LogP contribution in [0.3, 0.4) is 0 Å². The number of methoxy groups -OCH3 is 1. The second-order valence-electron chi connectivity index (χ2n) is 4.47. The van der Waals surface area contributed by atoms with Gasteiger partial charge in [0.05, 0.1) is 7.11 Å². The van der Waals surface area contributed by atoms with Crippen molar-refractivity contribution < 1.29 is 9.47 Å². The van der Waals surface area contributed by atoms with Crippen molar-refractivity contribution in [2.24, 2.45) is 0 Å². The van der Waals surface area contributed by atoms with Crippen molar-refractivity contribution in [1.82, 2.24) is 5.32 Å². The van der Waals surface area contributed by atoms with Crippen LogP contribution < -0.4 is 14.8 Å². The minimum atomic E-state index is 0.202. The average molecular weight is 336 g/mol. The summed E-state index contributed by atoms with van der Waals surface area (Å²) in [6.07, 6.45) is 0. The molecule has 3 nitrogen and oxygen atoms in total. The van der Waals surface area contributed by atoms with Crippen LogP contribution in [-0.4, -0.2) is 14.2 Å². The summed E-state index contributed by atoms with van der Waals surface area (Å²) in [5.41, 5.74) is 1.10. The molecule has 0 heterocycles. The van der Waals surface area contributed by atoms with E-state index in [9.17, 15) is 0 Å². The van der Waals surface area contributed by atoms with E-state index in [-0.39, 0.29) is 6.04 Å². The van der Waals surface area contributed by atoms with Crippen LogP contribution in [0.25, 0.3) is 0 Å². The smallest absolute Gasteiger partial charge is 0.132 e. The van der Waals surface area contributed by atoms with Gasteiger partial charge >= 0.3 is 0 Å². The Balaban J connectivity index is 2.32. The van der Waals surface area contributed by atoms with Gasteiger partial charge in [0.15, 0.2) is 0 Å². The van der Waals surface area contributed by atoms with Crippen LogP contribution in [0.1, 0.15) is 18.5 Å². The second kappa shape index (κ2) is 6.77. The molecule has 1 unspecified atom stereocenters. The molecule has 0 aliphatic rings. The molecule has 0 fully saturated rings. The molecule has 2 aromatic rings. The highest BCUT2D eigenvalue weighted by molar-refractivity contribution is 9.10. The lowest BCUT2D eigenvalue weighted by atomic mass is 10.1. The van der Waals surface area contributed by atoms with Gasteiger partial charge in [-0.15, -0.1) is 0 Å². The van der Waals surface area contributed by atoms with E-state index in [0.717, 1.165) is 27.3 Å². The Kier molecular flexibility index (Phi) is 5.04. The molecular formula is C16H18BrNO2. The maximum Gasteiger partial charge on any atom is 0.132 e. The summed E-state index contributed by atoms with van der Waals surface area (Å²) in [6.45, 7) is 2.10. The Morgan fingerprint density at radius 2 is 1.85 bits per heavy atom. The second-order valence-corrected chi connectivity index (χ2v) is 5.39. The van der Waals surface area contributed by atoms with Crippen LogP contribution in [-0.2, 0) is 0 Å². The SMILES string of the molecule is CNC(C)c1cc(Br)ccc1Oc1cccc(OC)c1. The zero-order valence-corrected chi connectivity index (χ0v) is 13.4. The Bertz CT molecular complexity index is 586. The highest BCUT2D eigenvalue weighted by atomic mass is 79.9. The Morgan fingerprint density at radius 1 is 1.10 bits per heavy atom. The van der Waals surface area contributed by atoms with Gasteiger partial charge in [0.1, 0.15) is 17.2 Å². The molecule has 2 rings (SSSR count). The summed E-state index contributed by atoms with van der Waals surface area (Å²) >= 11 is 3.50. The molecule has 0 amide bonds. The van der Waals surface area contributed by atoms with Crippen molar-refractivity contribution in [1.29, 1.82) is 0 Å². The van der Waals surface area contributed by atoms with Gasteiger partial charge in [-0.05, 0) is 44.3 Å². The summed E-state index contributed by atoms with van der Waals surface area (Å²) in [6, 6.07) is 13.8. The van der Waals surface area contributed by atoms with Crippen LogP contribution in [0.2, 0.25) is 0 Å². The lowest BCUT2D eigenvalue weighted by Gasteiger charge is -2.17. The quantitative estimate of drug-likeness (QED) is 0.870. The standard InChI is InChI=1S/C16H18BrNO2/c1-11(18-2)15-9-12(17)7-8-16(15)20-14-6-4-5-13(10-14)19-3/h4-11,18H,1-3H3. The summed E-state index contributed by atoms with van der Waals surface area (Å²) in [7, 11) is 3.58. The predicted molar refractivity (Wildman–Crippen MR) is 84.7 cm³/mol. The van der Waals surface area contributed by atoms with E-state index >= 15 is 0 Å². The summed E-state index contributed by atoms with van der Waals surface area (Å²) in [5, 5.41) is 3.23. The molecule has 0 spiro atoms. The van der Waals surface area contributed by atoms with Crippen molar-refractivity contribution in [2.45, 2.75) is 13.0 Å². The van der Waals surface area contributed by atoms with E-state index in [1.807, 2.05) is 43.4 Å². The number of nitrogens with one attached hydrogen (secondary N) is 1. The maximum absolute atomic E-state index is 5.99. The molecule has 0 saturated heterocycles. The maximum atomic E-state index is 5.99. The largest absolute Gasteiger partial charge is 0.497 e. The molecule has 0 saturated carbocycles. The third-order valence-corrected chi connectivity index (χ3v) is 3.63. The monoisotopic (exact) mass is 335 g/mol. The van der Waals surface area contributed by atoms with Crippen molar-refractivity contribution in [3.63, 3.8) is 0 Å². The van der Waals surface area contributed by atoms with Crippen molar-refractivity contribution >= 4 is 15.9 Å². The molecule has 1 atom stereocenters. The zero-order chi connectivity index (χ0) is 14.5. The number of ether oxygens (including phenoxy) is 2. The third-order valence-electron chi connectivity index (χ3n) is 3.14. The Labute approximate surface area is 128 Å². The number of benzene rings is 2. The fourth-order valence-electron chi connectivity index (χ4n) is 1.90. The molecule has 0 bridgehead atoms. The first-order valence-corrected chi connectivity index (χ1v) is 7.22. The molecule has 4 heteroatoms. The van der Waals surface area contributed by atoms with Gasteiger partial charge in [-0.3, -0.25) is 0 Å². The van der Waals surface area contributed by atoms with Gasteiger partial charge in [-0.1, -0.05) is 22.0 Å². The van der Waals surface area contributed by atoms with E-state index in [0.29, 0.717) is 0 Å². The van der Waals surface area contributed by atoms with Gasteiger partial charge < -0.3 is 14.8 Å². The molecule has 0 aliphatic carbocycles. The normalized spacial score (nSPS) is 12.0. The molecule has 2 aromatic carbocycles. The van der Waals surface area contributed by atoms with Gasteiger partial charge in [0.25, 0.3) is 0 Å². The van der Waals surface area contributed by atoms with Gasteiger partial charge in [-0.25, -0.2) is 0 Å². The summed E-state index contributed by atoms with van der Waals surface area (Å²) < 4.78 is 12.2. The van der Waals surface area contributed by atoms with Crippen LogP contribution in [0, 0.1) is 0 Å². The number of hydrogen-bond donors (Lipinski definition) is 1. The topological polar surface area (TPSA) is 30.5 Å². The predicted octanol–water partition coefficient (Wildman–Crippen LogP) is 4.53. The minimum Gasteiger partial charge on any atom is -0.497 e.